The molecule has 0 unspecified atom stereocenters. The first kappa shape index (κ1) is 38.0. The average molecular weight is 767 g/mol. The summed E-state index contributed by atoms with van der Waals surface area (Å²) < 4.78 is 0. The smallest absolute Gasteiger partial charge is 0 e. The summed E-state index contributed by atoms with van der Waals surface area (Å²) in [6.07, 6.45) is 0. The molecule has 0 bridgehead atoms. The van der Waals surface area contributed by atoms with E-state index in [2.05, 4.69) is 182 Å². The van der Waals surface area contributed by atoms with Crippen LogP contribution >= 0.6 is 40.7 Å². The maximum Gasteiger partial charge on any atom is 0 e. The fourth-order valence-corrected chi connectivity index (χ4v) is 8.97. The van der Waals surface area contributed by atoms with E-state index < -0.39 is 15.8 Å². The summed E-state index contributed by atoms with van der Waals surface area (Å²) in [7, 11) is -0.892. The first-order valence-corrected chi connectivity index (χ1v) is 15.5. The number of halogens is 2. The molecule has 42 heavy (non-hydrogen) atoms. The van der Waals surface area contributed by atoms with E-state index in [1.54, 1.807) is 0 Å². The summed E-state index contributed by atoms with van der Waals surface area (Å²) in [6.45, 7) is 0. The molecular formula is C36H32Cl2CuP2Pd. The Morgan fingerprint density at radius 3 is 0.476 bits per heavy atom. The molecule has 0 aliphatic rings. The van der Waals surface area contributed by atoms with Gasteiger partial charge in [0.15, 0.2) is 0 Å². The van der Waals surface area contributed by atoms with E-state index in [4.69, 9.17) is 0 Å². The minimum atomic E-state index is -0.446. The molecule has 0 saturated carbocycles. The van der Waals surface area contributed by atoms with Gasteiger partial charge in [-0.05, 0) is 47.7 Å². The Morgan fingerprint density at radius 2 is 0.357 bits per heavy atom. The van der Waals surface area contributed by atoms with Crippen molar-refractivity contribution >= 4 is 72.5 Å². The van der Waals surface area contributed by atoms with E-state index in [0.29, 0.717) is 0 Å². The van der Waals surface area contributed by atoms with Crippen molar-refractivity contribution in [1.82, 2.24) is 0 Å². The second-order valence-electron chi connectivity index (χ2n) is 8.68. The Morgan fingerprint density at radius 1 is 0.238 bits per heavy atom. The summed E-state index contributed by atoms with van der Waals surface area (Å²) >= 11 is 0. The summed E-state index contributed by atoms with van der Waals surface area (Å²) in [5.41, 5.74) is 0. The number of rotatable bonds is 6. The first-order valence-electron chi connectivity index (χ1n) is 12.8. The molecule has 1 radical (unpaired) electrons. The van der Waals surface area contributed by atoms with Gasteiger partial charge in [0.2, 0.25) is 0 Å². The molecule has 0 atom stereocenters. The van der Waals surface area contributed by atoms with Crippen LogP contribution in [0.2, 0.25) is 0 Å². The minimum Gasteiger partial charge on any atom is -0.147 e. The van der Waals surface area contributed by atoms with Crippen LogP contribution in [0.3, 0.4) is 0 Å². The Bertz CT molecular complexity index is 1190. The third-order valence-corrected chi connectivity index (χ3v) is 11.0. The molecule has 0 aliphatic heterocycles. The first-order chi connectivity index (χ1) is 18.9. The van der Waals surface area contributed by atoms with Gasteiger partial charge in [-0.25, -0.2) is 0 Å². The van der Waals surface area contributed by atoms with E-state index in [1.165, 1.54) is 31.8 Å². The van der Waals surface area contributed by atoms with Crippen LogP contribution < -0.4 is 31.8 Å². The van der Waals surface area contributed by atoms with E-state index in [1.807, 2.05) is 0 Å². The van der Waals surface area contributed by atoms with Crippen molar-refractivity contribution in [2.45, 2.75) is 0 Å². The van der Waals surface area contributed by atoms with Gasteiger partial charge in [0.25, 0.3) is 0 Å². The third-order valence-electron chi connectivity index (χ3n) is 6.09. The van der Waals surface area contributed by atoms with E-state index in [-0.39, 0.29) is 62.3 Å². The molecule has 6 aromatic rings. The Labute approximate surface area is 289 Å². The van der Waals surface area contributed by atoms with Crippen molar-refractivity contribution in [3.63, 3.8) is 0 Å². The molecular weight excluding hydrogens is 735 g/mol. The number of hydrogen-bond acceptors (Lipinski definition) is 0. The largest absolute Gasteiger partial charge is 0.147 e. The van der Waals surface area contributed by atoms with Gasteiger partial charge in [0, 0.05) is 37.5 Å². The van der Waals surface area contributed by atoms with Crippen LogP contribution in [0.15, 0.2) is 182 Å². The zero-order valence-electron chi connectivity index (χ0n) is 22.6. The molecule has 0 heterocycles. The molecule has 0 amide bonds. The van der Waals surface area contributed by atoms with Crippen molar-refractivity contribution in [3.8, 4) is 0 Å². The van der Waals surface area contributed by atoms with Crippen LogP contribution in [0.4, 0.5) is 0 Å². The van der Waals surface area contributed by atoms with Crippen LogP contribution in [-0.2, 0) is 37.5 Å². The molecule has 0 nitrogen and oxygen atoms in total. The normalized spacial score (nSPS) is 9.57. The molecule has 0 aromatic heterocycles. The molecule has 0 N–H and O–H groups in total. The van der Waals surface area contributed by atoms with Gasteiger partial charge in [-0.15, -0.1) is 24.8 Å². The SMILES string of the molecule is Cl.Cl.[Cu].[Pd].c1ccc(P(c2ccccc2)c2ccccc2)cc1.c1ccc(P(c2ccccc2)c2ccccc2)cc1. The average Bonchev–Trinajstić information content (AvgIpc) is 3.01. The van der Waals surface area contributed by atoms with E-state index in [0.717, 1.165) is 0 Å². The standard InChI is InChI=1S/2C18H15P.2ClH.Cu.Pd/c2*1-4-10-16(11-5-1)19(17-12-6-2-7-13-17)18-14-8-3-9-15-18;;;;/h2*1-15H;2*1H;;. The van der Waals surface area contributed by atoms with Gasteiger partial charge in [0.05, 0.1) is 0 Å². The summed E-state index contributed by atoms with van der Waals surface area (Å²) in [5.74, 6) is 0. The maximum atomic E-state index is 2.23. The fourth-order valence-electron chi connectivity index (χ4n) is 4.36. The molecule has 6 rings (SSSR count). The zero-order chi connectivity index (χ0) is 25.8. The van der Waals surface area contributed by atoms with E-state index in [9.17, 15) is 0 Å². The van der Waals surface area contributed by atoms with Crippen molar-refractivity contribution in [1.29, 1.82) is 0 Å². The summed E-state index contributed by atoms with van der Waals surface area (Å²) in [5, 5.41) is 8.39. The summed E-state index contributed by atoms with van der Waals surface area (Å²) in [4.78, 5) is 0. The van der Waals surface area contributed by atoms with Crippen LogP contribution in [0.1, 0.15) is 0 Å². The Hall–Kier alpha value is -2.06. The molecule has 6 aromatic carbocycles. The third kappa shape index (κ3) is 10.6. The maximum absolute atomic E-state index is 2.23. The van der Waals surface area contributed by atoms with Gasteiger partial charge >= 0.3 is 0 Å². The zero-order valence-corrected chi connectivity index (χ0v) is 28.6. The number of hydrogen-bond donors (Lipinski definition) is 0. The van der Waals surface area contributed by atoms with Crippen molar-refractivity contribution in [2.75, 3.05) is 0 Å². The predicted molar refractivity (Wildman–Crippen MR) is 185 cm³/mol. The van der Waals surface area contributed by atoms with Crippen LogP contribution in [0.5, 0.6) is 0 Å². The second-order valence-corrected chi connectivity index (χ2v) is 13.1. The molecule has 221 valence electrons. The molecule has 0 saturated heterocycles. The fraction of sp³-hybridized carbons (Fsp3) is 0. The van der Waals surface area contributed by atoms with Crippen LogP contribution in [0, 0.1) is 0 Å². The Balaban J connectivity index is 0.000000383. The predicted octanol–water partition coefficient (Wildman–Crippen LogP) is 7.73. The van der Waals surface area contributed by atoms with Gasteiger partial charge in [-0.1, -0.05) is 182 Å². The van der Waals surface area contributed by atoms with Crippen molar-refractivity contribution < 1.29 is 37.5 Å². The quantitative estimate of drug-likeness (QED) is 0.120. The monoisotopic (exact) mass is 765 g/mol. The van der Waals surface area contributed by atoms with Gasteiger partial charge < -0.3 is 0 Å². The molecule has 0 spiro atoms. The van der Waals surface area contributed by atoms with Gasteiger partial charge in [-0.2, -0.15) is 0 Å². The molecule has 6 heteroatoms. The molecule has 0 fully saturated rings. The van der Waals surface area contributed by atoms with Crippen LogP contribution in [-0.4, -0.2) is 0 Å². The minimum absolute atomic E-state index is 0. The molecule has 0 aliphatic carbocycles. The number of benzene rings is 6. The summed E-state index contributed by atoms with van der Waals surface area (Å²) in [6, 6.07) is 64.7. The van der Waals surface area contributed by atoms with Crippen LogP contribution in [0.25, 0.3) is 0 Å². The van der Waals surface area contributed by atoms with Crippen molar-refractivity contribution in [3.05, 3.63) is 182 Å². The van der Waals surface area contributed by atoms with Crippen molar-refractivity contribution in [2.24, 2.45) is 0 Å². The second kappa shape index (κ2) is 20.8. The van der Waals surface area contributed by atoms with E-state index >= 15 is 0 Å². The van der Waals surface area contributed by atoms with Gasteiger partial charge in [-0.3, -0.25) is 0 Å². The Kier molecular flexibility index (Phi) is 18.8. The van der Waals surface area contributed by atoms with Gasteiger partial charge in [0.1, 0.15) is 0 Å². The topological polar surface area (TPSA) is 0 Å².